The first-order valence-electron chi connectivity index (χ1n) is 8.86. The van der Waals surface area contributed by atoms with Crippen LogP contribution in [0.4, 0.5) is 0 Å². The van der Waals surface area contributed by atoms with Crippen LogP contribution in [-0.4, -0.2) is 59.3 Å². The lowest BCUT2D eigenvalue weighted by Crippen LogP contribution is -2.42. The van der Waals surface area contributed by atoms with Crippen LogP contribution in [0.3, 0.4) is 0 Å². The van der Waals surface area contributed by atoms with E-state index in [4.69, 9.17) is 4.74 Å². The lowest BCUT2D eigenvalue weighted by molar-refractivity contribution is -0.0565. The Hall–Kier alpha value is -0.870. The average molecular weight is 465 g/mol. The van der Waals surface area contributed by atoms with E-state index in [1.807, 2.05) is 18.5 Å². The van der Waals surface area contributed by atoms with Crippen molar-refractivity contribution >= 4 is 29.9 Å². The molecule has 0 radical (unpaired) electrons. The van der Waals surface area contributed by atoms with Crippen LogP contribution in [0.1, 0.15) is 37.6 Å². The van der Waals surface area contributed by atoms with Crippen LogP contribution < -0.4 is 10.6 Å². The Morgan fingerprint density at radius 3 is 2.68 bits per heavy atom. The Balaban J connectivity index is 0.00000312. The van der Waals surface area contributed by atoms with Crippen molar-refractivity contribution in [1.82, 2.24) is 20.4 Å². The van der Waals surface area contributed by atoms with E-state index in [1.54, 1.807) is 0 Å². The summed E-state index contributed by atoms with van der Waals surface area (Å²) in [5, 5.41) is 21.5. The summed E-state index contributed by atoms with van der Waals surface area (Å²) in [6.45, 7) is 10.2. The van der Waals surface area contributed by atoms with E-state index in [0.717, 1.165) is 37.7 Å². The van der Waals surface area contributed by atoms with Gasteiger partial charge < -0.3 is 20.5 Å². The van der Waals surface area contributed by atoms with Crippen molar-refractivity contribution in [2.75, 3.05) is 32.8 Å². The van der Waals surface area contributed by atoms with Crippen LogP contribution in [0.5, 0.6) is 0 Å². The topological polar surface area (TPSA) is 83.7 Å². The minimum absolute atomic E-state index is 0. The zero-order valence-corrected chi connectivity index (χ0v) is 17.9. The first kappa shape index (κ1) is 22.2. The zero-order chi connectivity index (χ0) is 17.4. The molecule has 0 saturated carbocycles. The lowest BCUT2D eigenvalue weighted by Gasteiger charge is -2.30. The predicted octanol–water partition coefficient (Wildman–Crippen LogP) is 1.60. The minimum Gasteiger partial charge on any atom is -0.388 e. The summed E-state index contributed by atoms with van der Waals surface area (Å²) in [5.41, 5.74) is 1.51. The molecular formula is C17H32IN5O2. The summed E-state index contributed by atoms with van der Waals surface area (Å²) < 4.78 is 7.34. The van der Waals surface area contributed by atoms with E-state index < -0.39 is 5.60 Å². The molecule has 0 unspecified atom stereocenters. The Labute approximate surface area is 167 Å². The summed E-state index contributed by atoms with van der Waals surface area (Å²) in [6, 6.07) is 2.09. The molecule has 2 heterocycles. The molecule has 0 aliphatic carbocycles. The van der Waals surface area contributed by atoms with Crippen molar-refractivity contribution in [1.29, 1.82) is 0 Å². The highest BCUT2D eigenvalue weighted by atomic mass is 127. The second kappa shape index (κ2) is 11.0. The number of hydrogen-bond acceptors (Lipinski definition) is 4. The van der Waals surface area contributed by atoms with Gasteiger partial charge in [0, 0.05) is 51.4 Å². The third kappa shape index (κ3) is 7.49. The number of guanidine groups is 1. The molecule has 1 fully saturated rings. The molecule has 8 heteroatoms. The van der Waals surface area contributed by atoms with Crippen molar-refractivity contribution in [2.45, 2.75) is 52.2 Å². The molecule has 0 amide bonds. The highest BCUT2D eigenvalue weighted by Crippen LogP contribution is 2.20. The van der Waals surface area contributed by atoms with Crippen molar-refractivity contribution in [3.05, 3.63) is 17.5 Å². The first-order valence-corrected chi connectivity index (χ1v) is 8.86. The maximum absolute atomic E-state index is 10.5. The maximum Gasteiger partial charge on any atom is 0.191 e. The normalized spacial score (nSPS) is 17.0. The largest absolute Gasteiger partial charge is 0.388 e. The third-order valence-electron chi connectivity index (χ3n) is 4.24. The number of aromatic nitrogens is 2. The van der Waals surface area contributed by atoms with Crippen molar-refractivity contribution in [3.8, 4) is 0 Å². The van der Waals surface area contributed by atoms with Crippen LogP contribution >= 0.6 is 24.0 Å². The summed E-state index contributed by atoms with van der Waals surface area (Å²) in [7, 11) is 0. The quantitative estimate of drug-likeness (QED) is 0.247. The molecule has 144 valence electrons. The van der Waals surface area contributed by atoms with E-state index >= 15 is 0 Å². The summed E-state index contributed by atoms with van der Waals surface area (Å²) in [4.78, 5) is 4.54. The van der Waals surface area contributed by atoms with Gasteiger partial charge in [0.05, 0.1) is 17.8 Å². The Kier molecular flexibility index (Phi) is 9.73. The van der Waals surface area contributed by atoms with Gasteiger partial charge in [-0.1, -0.05) is 0 Å². The Morgan fingerprint density at radius 1 is 1.36 bits per heavy atom. The molecule has 0 aromatic carbocycles. The zero-order valence-electron chi connectivity index (χ0n) is 15.5. The molecule has 1 aliphatic heterocycles. The van der Waals surface area contributed by atoms with E-state index in [2.05, 4.69) is 33.7 Å². The van der Waals surface area contributed by atoms with Gasteiger partial charge in [-0.15, -0.1) is 24.0 Å². The van der Waals surface area contributed by atoms with Gasteiger partial charge in [-0.2, -0.15) is 5.10 Å². The van der Waals surface area contributed by atoms with Crippen molar-refractivity contribution in [3.63, 3.8) is 0 Å². The van der Waals surface area contributed by atoms with Crippen molar-refractivity contribution in [2.24, 2.45) is 4.99 Å². The fourth-order valence-electron chi connectivity index (χ4n) is 2.81. The molecule has 25 heavy (non-hydrogen) atoms. The Morgan fingerprint density at radius 2 is 2.08 bits per heavy atom. The van der Waals surface area contributed by atoms with Crippen LogP contribution in [0.15, 0.2) is 11.1 Å². The predicted molar refractivity (Wildman–Crippen MR) is 111 cm³/mol. The van der Waals surface area contributed by atoms with Gasteiger partial charge in [0.25, 0.3) is 0 Å². The van der Waals surface area contributed by atoms with Crippen LogP contribution in [0, 0.1) is 13.8 Å². The first-order chi connectivity index (χ1) is 11.5. The smallest absolute Gasteiger partial charge is 0.191 e. The highest BCUT2D eigenvalue weighted by Gasteiger charge is 2.29. The molecule has 1 aliphatic rings. The number of aliphatic hydroxyl groups is 1. The van der Waals surface area contributed by atoms with Gasteiger partial charge in [0.2, 0.25) is 0 Å². The number of halogens is 1. The molecule has 0 bridgehead atoms. The fraction of sp³-hybridized carbons (Fsp3) is 0.765. The van der Waals surface area contributed by atoms with Crippen LogP contribution in [0.2, 0.25) is 0 Å². The number of ether oxygens (including phenoxy) is 1. The summed E-state index contributed by atoms with van der Waals surface area (Å²) in [6.07, 6.45) is 2.26. The van der Waals surface area contributed by atoms with Gasteiger partial charge in [-0.05, 0) is 33.3 Å². The molecule has 1 saturated heterocycles. The second-order valence-electron chi connectivity index (χ2n) is 6.46. The maximum atomic E-state index is 10.5. The van der Waals surface area contributed by atoms with E-state index in [-0.39, 0.29) is 24.0 Å². The van der Waals surface area contributed by atoms with E-state index in [9.17, 15) is 5.11 Å². The number of aliphatic imine (C=N–C) groups is 1. The lowest BCUT2D eigenvalue weighted by atomic mass is 9.95. The van der Waals surface area contributed by atoms with Gasteiger partial charge in [0.1, 0.15) is 0 Å². The Bertz CT molecular complexity index is 541. The van der Waals surface area contributed by atoms with Gasteiger partial charge >= 0.3 is 0 Å². The molecule has 3 N–H and O–H groups in total. The third-order valence-corrected chi connectivity index (χ3v) is 4.24. The molecule has 0 spiro atoms. The number of aryl methyl sites for hydroxylation is 3. The minimum atomic E-state index is -0.732. The molecular weight excluding hydrogens is 433 g/mol. The number of hydrogen-bond donors (Lipinski definition) is 3. The molecule has 2 rings (SSSR count). The standard InChI is InChI=1S/C17H31N5O2.HI/c1-4-18-16(20-13-17(23)6-10-24-11-7-17)19-8-5-9-22-15(3)12-14(2)21-22;/h12,23H,4-11,13H2,1-3H3,(H2,18,19,20);1H. The van der Waals surface area contributed by atoms with Gasteiger partial charge in [-0.3, -0.25) is 9.67 Å². The molecule has 1 aromatic rings. The van der Waals surface area contributed by atoms with Gasteiger partial charge in [-0.25, -0.2) is 0 Å². The number of nitrogens with one attached hydrogen (secondary N) is 2. The second-order valence-corrected chi connectivity index (χ2v) is 6.46. The summed E-state index contributed by atoms with van der Waals surface area (Å²) in [5.74, 6) is 0.755. The average Bonchev–Trinajstić information content (AvgIpc) is 2.87. The molecule has 1 aromatic heterocycles. The summed E-state index contributed by atoms with van der Waals surface area (Å²) >= 11 is 0. The van der Waals surface area contributed by atoms with E-state index in [1.165, 1.54) is 5.69 Å². The number of rotatable bonds is 7. The number of nitrogens with zero attached hydrogens (tertiary/aromatic N) is 3. The van der Waals surface area contributed by atoms with Crippen LogP contribution in [-0.2, 0) is 11.3 Å². The van der Waals surface area contributed by atoms with E-state index in [0.29, 0.717) is 32.6 Å². The van der Waals surface area contributed by atoms with Crippen molar-refractivity contribution < 1.29 is 9.84 Å². The molecule has 7 nitrogen and oxygen atoms in total. The fourth-order valence-corrected chi connectivity index (χ4v) is 2.81. The highest BCUT2D eigenvalue weighted by molar-refractivity contribution is 14.0. The molecule has 0 atom stereocenters. The van der Waals surface area contributed by atoms with Gasteiger partial charge in [0.15, 0.2) is 5.96 Å². The van der Waals surface area contributed by atoms with Crippen LogP contribution in [0.25, 0.3) is 0 Å². The monoisotopic (exact) mass is 465 g/mol. The SMILES string of the molecule is CCNC(=NCC1(O)CCOCC1)NCCCn1nc(C)cc1C.I.